The van der Waals surface area contributed by atoms with E-state index in [1.807, 2.05) is 0 Å². The van der Waals surface area contributed by atoms with Crippen molar-refractivity contribution in [3.05, 3.63) is 306 Å². The molecule has 0 bridgehead atoms. The lowest BCUT2D eigenvalue weighted by molar-refractivity contribution is 0.590. The van der Waals surface area contributed by atoms with E-state index in [4.69, 9.17) is 0 Å². The van der Waals surface area contributed by atoms with Crippen molar-refractivity contribution in [2.45, 2.75) is 80.1 Å². The Morgan fingerprint density at radius 2 is 0.652 bits per heavy atom. The maximum Gasteiger partial charge on any atom is 0.252 e. The van der Waals surface area contributed by atoms with Crippen LogP contribution in [0.2, 0.25) is 0 Å². The van der Waals surface area contributed by atoms with Gasteiger partial charge in [-0.15, -0.1) is 0 Å². The van der Waals surface area contributed by atoms with Crippen LogP contribution in [0.3, 0.4) is 0 Å². The smallest absolute Gasteiger partial charge is 0.252 e. The molecule has 12 aromatic carbocycles. The molecule has 0 amide bonds. The summed E-state index contributed by atoms with van der Waals surface area (Å²) in [6, 6.07) is 103. The lowest BCUT2D eigenvalue weighted by Gasteiger charge is -2.45. The van der Waals surface area contributed by atoms with Crippen LogP contribution in [0.4, 0.5) is 68.2 Å². The molecular weight excluding hydrogens is 1080 g/mol. The average molecular weight is 1150 g/mol. The highest BCUT2D eigenvalue weighted by molar-refractivity contribution is 7.00. The first-order valence-electron chi connectivity index (χ1n) is 31.4. The summed E-state index contributed by atoms with van der Waals surface area (Å²) < 4.78 is 0. The van der Waals surface area contributed by atoms with Crippen molar-refractivity contribution in [1.29, 1.82) is 0 Å². The Kier molecular flexibility index (Phi) is 14.4. The molecule has 0 spiro atoms. The molecule has 5 heteroatoms. The minimum absolute atomic E-state index is 0.0890. The lowest BCUT2D eigenvalue weighted by atomic mass is 9.33. The van der Waals surface area contributed by atoms with Gasteiger partial charge in [-0.25, -0.2) is 0 Å². The van der Waals surface area contributed by atoms with Crippen LogP contribution in [0, 0.1) is 27.7 Å². The highest BCUT2D eigenvalue weighted by Crippen LogP contribution is 2.52. The molecule has 4 nitrogen and oxygen atoms in total. The molecular formula is C84H75BN4. The SMILES string of the molecule is Cc1ccc(N(c2ccc(C)cc2)c2ccc3c(c2)N(c2ccc(C(C)(C)C)cc2-c2ccccc2)c2cccc4c2B3c2ccc(N(c3ccc(C)cc3)c3ccc(C)cc3-c3ccccc3)cc2N4c2ccc(C(C)(C)C)cc2-c2ccccc2)cc1. The van der Waals surface area contributed by atoms with Crippen molar-refractivity contribution in [3.63, 3.8) is 0 Å². The first-order valence-corrected chi connectivity index (χ1v) is 31.4. The highest BCUT2D eigenvalue weighted by atomic mass is 15.2. The van der Waals surface area contributed by atoms with E-state index in [0.717, 1.165) is 68.2 Å². The van der Waals surface area contributed by atoms with Gasteiger partial charge in [0.2, 0.25) is 0 Å². The zero-order valence-electron chi connectivity index (χ0n) is 52.8. The molecule has 0 radical (unpaired) electrons. The fourth-order valence-electron chi connectivity index (χ4n) is 13.4. The number of hydrogen-bond donors (Lipinski definition) is 0. The third-order valence-corrected chi connectivity index (χ3v) is 18.2. The van der Waals surface area contributed by atoms with Gasteiger partial charge < -0.3 is 19.6 Å². The van der Waals surface area contributed by atoms with E-state index < -0.39 is 0 Å². The van der Waals surface area contributed by atoms with E-state index in [9.17, 15) is 0 Å². The molecule has 0 unspecified atom stereocenters. The van der Waals surface area contributed by atoms with Gasteiger partial charge in [-0.3, -0.25) is 0 Å². The molecule has 12 aromatic rings. The van der Waals surface area contributed by atoms with Crippen molar-refractivity contribution in [2.24, 2.45) is 0 Å². The largest absolute Gasteiger partial charge is 0.311 e. The molecule has 2 heterocycles. The molecule has 2 aliphatic heterocycles. The molecule has 434 valence electrons. The molecule has 0 aromatic heterocycles. The predicted octanol–water partition coefficient (Wildman–Crippen LogP) is 21.5. The molecule has 0 saturated carbocycles. The van der Waals surface area contributed by atoms with Gasteiger partial charge in [0.15, 0.2) is 0 Å². The lowest BCUT2D eigenvalue weighted by Crippen LogP contribution is -2.61. The molecule has 0 atom stereocenters. The summed E-state index contributed by atoms with van der Waals surface area (Å²) in [5.74, 6) is 0. The molecule has 0 aliphatic carbocycles. The Balaban J connectivity index is 1.09. The van der Waals surface area contributed by atoms with E-state index in [1.165, 1.54) is 83.1 Å². The number of rotatable bonds is 11. The maximum atomic E-state index is 2.61. The Hall–Kier alpha value is -10.1. The minimum atomic E-state index is -0.163. The van der Waals surface area contributed by atoms with Gasteiger partial charge >= 0.3 is 0 Å². The second-order valence-corrected chi connectivity index (χ2v) is 26.6. The van der Waals surface area contributed by atoms with Crippen LogP contribution >= 0.6 is 0 Å². The highest BCUT2D eigenvalue weighted by Gasteiger charge is 2.45. The number of aryl methyl sites for hydroxylation is 4. The Morgan fingerprint density at radius 1 is 0.281 bits per heavy atom. The van der Waals surface area contributed by atoms with Gasteiger partial charge in [-0.1, -0.05) is 228 Å². The molecule has 14 rings (SSSR count). The maximum absolute atomic E-state index is 2.61. The summed E-state index contributed by atoms with van der Waals surface area (Å²) in [5, 5.41) is 0. The fraction of sp³-hybridized carbons (Fsp3) is 0.143. The van der Waals surface area contributed by atoms with Gasteiger partial charge in [0, 0.05) is 67.9 Å². The topological polar surface area (TPSA) is 13.0 Å². The van der Waals surface area contributed by atoms with Crippen LogP contribution in [-0.2, 0) is 10.8 Å². The summed E-state index contributed by atoms with van der Waals surface area (Å²) in [4.78, 5) is 10.1. The number of anilines is 12. The summed E-state index contributed by atoms with van der Waals surface area (Å²) in [6.45, 7) is 22.5. The van der Waals surface area contributed by atoms with E-state index >= 15 is 0 Å². The molecule has 0 fully saturated rings. The van der Waals surface area contributed by atoms with Crippen LogP contribution in [0.1, 0.15) is 74.9 Å². The van der Waals surface area contributed by atoms with Crippen molar-refractivity contribution < 1.29 is 0 Å². The van der Waals surface area contributed by atoms with E-state index in [-0.39, 0.29) is 17.5 Å². The van der Waals surface area contributed by atoms with Crippen molar-refractivity contribution >= 4 is 91.3 Å². The Labute approximate surface area is 527 Å². The van der Waals surface area contributed by atoms with Gasteiger partial charge in [0.1, 0.15) is 0 Å². The normalized spacial score (nSPS) is 12.5. The third-order valence-electron chi connectivity index (χ3n) is 18.2. The van der Waals surface area contributed by atoms with Crippen LogP contribution in [0.5, 0.6) is 0 Å². The van der Waals surface area contributed by atoms with Gasteiger partial charge in [0.25, 0.3) is 6.71 Å². The zero-order chi connectivity index (χ0) is 61.3. The first-order chi connectivity index (χ1) is 43.1. The van der Waals surface area contributed by atoms with Crippen molar-refractivity contribution in [3.8, 4) is 33.4 Å². The van der Waals surface area contributed by atoms with Gasteiger partial charge in [-0.05, 0) is 192 Å². The first kappa shape index (κ1) is 56.7. The second-order valence-electron chi connectivity index (χ2n) is 26.6. The number of benzene rings is 12. The molecule has 0 N–H and O–H groups in total. The molecule has 2 aliphatic rings. The monoisotopic (exact) mass is 1150 g/mol. The van der Waals surface area contributed by atoms with E-state index in [1.54, 1.807) is 0 Å². The van der Waals surface area contributed by atoms with Crippen LogP contribution in [-0.4, -0.2) is 6.71 Å². The van der Waals surface area contributed by atoms with Crippen LogP contribution in [0.25, 0.3) is 33.4 Å². The van der Waals surface area contributed by atoms with Gasteiger partial charge in [-0.2, -0.15) is 0 Å². The van der Waals surface area contributed by atoms with E-state index in [0.29, 0.717) is 0 Å². The zero-order valence-corrected chi connectivity index (χ0v) is 52.8. The summed E-state index contributed by atoms with van der Waals surface area (Å²) in [7, 11) is 0. The predicted molar refractivity (Wildman–Crippen MR) is 382 cm³/mol. The van der Waals surface area contributed by atoms with Crippen molar-refractivity contribution in [2.75, 3.05) is 19.6 Å². The number of hydrogen-bond acceptors (Lipinski definition) is 4. The third kappa shape index (κ3) is 10.5. The average Bonchev–Trinajstić information content (AvgIpc) is 0.708. The fourth-order valence-corrected chi connectivity index (χ4v) is 13.4. The van der Waals surface area contributed by atoms with Crippen molar-refractivity contribution in [1.82, 2.24) is 0 Å². The number of fused-ring (bicyclic) bond motifs is 4. The Bertz CT molecular complexity index is 4550. The standard InChI is InChI=1S/C84H75BN4/c1-56-29-38-65(39-30-56)86(66-40-31-57(2)32-41-66)68-44-46-73-80(54-68)88(76-49-36-63(83(5,6)7)52-71(76)61-23-16-12-17-24-61)78-27-20-28-79-82(78)85(73)74-47-45-69(55-81(74)89(79)77-50-37-64(84(8,9)10)53-72(77)62-25-18-13-19-26-62)87(67-42-33-58(3)34-43-67)75-48-35-59(4)51-70(75)60-21-14-11-15-22-60/h11-55H,1-10H3. The molecule has 89 heavy (non-hydrogen) atoms. The molecule has 0 saturated heterocycles. The van der Waals surface area contributed by atoms with Crippen LogP contribution in [0.15, 0.2) is 273 Å². The van der Waals surface area contributed by atoms with Crippen LogP contribution < -0.4 is 36.0 Å². The van der Waals surface area contributed by atoms with Gasteiger partial charge in [0.05, 0.1) is 17.1 Å². The quantitative estimate of drug-likeness (QED) is 0.120. The number of nitrogens with zero attached hydrogens (tertiary/aromatic N) is 4. The summed E-state index contributed by atoms with van der Waals surface area (Å²) >= 11 is 0. The second kappa shape index (κ2) is 22.6. The summed E-state index contributed by atoms with van der Waals surface area (Å²) in [6.07, 6.45) is 0. The summed E-state index contributed by atoms with van der Waals surface area (Å²) in [5.41, 5.74) is 31.4. The minimum Gasteiger partial charge on any atom is -0.311 e. The Morgan fingerprint density at radius 3 is 1.07 bits per heavy atom. The van der Waals surface area contributed by atoms with E-state index in [2.05, 4.69) is 362 Å².